The highest BCUT2D eigenvalue weighted by Crippen LogP contribution is 2.34. The molecule has 102 valence electrons. The van der Waals surface area contributed by atoms with E-state index < -0.39 is 11.7 Å². The Bertz CT molecular complexity index is 525. The number of rotatable bonds is 2. The minimum absolute atomic E-state index is 0.0966. The lowest BCUT2D eigenvalue weighted by molar-refractivity contribution is -0.0944. The number of nitrogens with zero attached hydrogens (tertiary/aromatic N) is 1. The van der Waals surface area contributed by atoms with Gasteiger partial charge in [0.15, 0.2) is 6.29 Å². The van der Waals surface area contributed by atoms with Crippen molar-refractivity contribution in [3.8, 4) is 0 Å². The largest absolute Gasteiger partial charge is 0.412 e. The first-order chi connectivity index (χ1) is 8.93. The lowest BCUT2D eigenvalue weighted by atomic mass is 10.1. The van der Waals surface area contributed by atoms with Crippen LogP contribution < -0.4 is 4.90 Å². The summed E-state index contributed by atoms with van der Waals surface area (Å²) in [5, 5.41) is 0.369. The molecule has 0 saturated carbocycles. The van der Waals surface area contributed by atoms with Crippen molar-refractivity contribution in [2.75, 3.05) is 18.0 Å². The normalized spacial score (nSPS) is 16.2. The first kappa shape index (κ1) is 13.9. The van der Waals surface area contributed by atoms with Gasteiger partial charge in [0.25, 0.3) is 0 Å². The van der Waals surface area contributed by atoms with Crippen LogP contribution in [0.2, 0.25) is 5.02 Å². The quantitative estimate of drug-likeness (QED) is 0.609. The summed E-state index contributed by atoms with van der Waals surface area (Å²) in [7, 11) is 0. The summed E-state index contributed by atoms with van der Waals surface area (Å²) < 4.78 is 37.6. The van der Waals surface area contributed by atoms with E-state index in [1.165, 1.54) is 0 Å². The second kappa shape index (κ2) is 5.25. The molecule has 1 aliphatic rings. The number of alkyl halides is 3. The third kappa shape index (κ3) is 2.92. The zero-order chi connectivity index (χ0) is 14.0. The highest BCUT2D eigenvalue weighted by molar-refractivity contribution is 6.33. The molecule has 1 aromatic rings. The fourth-order valence-electron chi connectivity index (χ4n) is 2.09. The molecule has 1 aromatic carbocycles. The summed E-state index contributed by atoms with van der Waals surface area (Å²) in [6, 6.07) is 4.85. The number of para-hydroxylation sites is 1. The van der Waals surface area contributed by atoms with Gasteiger partial charge in [-0.15, -0.1) is 0 Å². The van der Waals surface area contributed by atoms with Crippen molar-refractivity contribution in [1.82, 2.24) is 0 Å². The zero-order valence-electron chi connectivity index (χ0n) is 9.88. The van der Waals surface area contributed by atoms with Gasteiger partial charge in [0.05, 0.1) is 10.7 Å². The molecule has 0 fully saturated rings. The van der Waals surface area contributed by atoms with Crippen molar-refractivity contribution in [1.29, 1.82) is 0 Å². The highest BCUT2D eigenvalue weighted by atomic mass is 35.5. The molecule has 0 N–H and O–H groups in total. The van der Waals surface area contributed by atoms with Crippen LogP contribution in [-0.4, -0.2) is 25.6 Å². The molecule has 2 rings (SSSR count). The van der Waals surface area contributed by atoms with Gasteiger partial charge in [-0.1, -0.05) is 23.7 Å². The Labute approximate surface area is 113 Å². The maximum absolute atomic E-state index is 12.5. The maximum atomic E-state index is 12.5. The van der Waals surface area contributed by atoms with Crippen molar-refractivity contribution in [3.63, 3.8) is 0 Å². The van der Waals surface area contributed by atoms with Gasteiger partial charge < -0.3 is 4.90 Å². The Morgan fingerprint density at radius 1 is 1.32 bits per heavy atom. The number of anilines is 1. The van der Waals surface area contributed by atoms with Crippen LogP contribution in [-0.2, 0) is 0 Å². The van der Waals surface area contributed by atoms with E-state index in [1.54, 1.807) is 23.1 Å². The summed E-state index contributed by atoms with van der Waals surface area (Å²) in [6.07, 6.45) is -2.58. The molecule has 0 saturated heterocycles. The minimum atomic E-state index is -4.28. The standard InChI is InChI=1S/C13H11ClF3NO/c14-11-3-1-2-9(8-19)12(11)18-6-4-10(5-7-18)13(15,16)17/h1-4,8H,5-7H2. The lowest BCUT2D eigenvalue weighted by Gasteiger charge is -2.30. The van der Waals surface area contributed by atoms with E-state index in [0.29, 0.717) is 22.6 Å². The van der Waals surface area contributed by atoms with E-state index >= 15 is 0 Å². The van der Waals surface area contributed by atoms with E-state index in [9.17, 15) is 18.0 Å². The monoisotopic (exact) mass is 289 g/mol. The number of aldehydes is 1. The second-order valence-electron chi connectivity index (χ2n) is 4.22. The third-order valence-electron chi connectivity index (χ3n) is 3.03. The van der Waals surface area contributed by atoms with Crippen LogP contribution in [0.5, 0.6) is 0 Å². The summed E-state index contributed by atoms with van der Waals surface area (Å²) in [4.78, 5) is 12.6. The van der Waals surface area contributed by atoms with Crippen LogP contribution in [0.3, 0.4) is 0 Å². The summed E-state index contributed by atoms with van der Waals surface area (Å²) >= 11 is 6.02. The molecule has 0 aliphatic carbocycles. The van der Waals surface area contributed by atoms with Gasteiger partial charge in [-0.2, -0.15) is 13.2 Å². The summed E-state index contributed by atoms with van der Waals surface area (Å²) in [5.74, 6) is 0. The molecule has 2 nitrogen and oxygen atoms in total. The number of hydrogen-bond acceptors (Lipinski definition) is 2. The molecule has 0 atom stereocenters. The molecule has 0 bridgehead atoms. The Morgan fingerprint density at radius 3 is 2.58 bits per heavy atom. The number of hydrogen-bond donors (Lipinski definition) is 0. The van der Waals surface area contributed by atoms with E-state index in [-0.39, 0.29) is 19.5 Å². The van der Waals surface area contributed by atoms with Crippen LogP contribution in [0.15, 0.2) is 29.8 Å². The van der Waals surface area contributed by atoms with Crippen LogP contribution in [0.1, 0.15) is 16.8 Å². The molecule has 6 heteroatoms. The predicted octanol–water partition coefficient (Wildman–Crippen LogP) is 3.85. The Morgan fingerprint density at radius 2 is 2.05 bits per heavy atom. The SMILES string of the molecule is O=Cc1cccc(Cl)c1N1CC=C(C(F)(F)F)CC1. The first-order valence-corrected chi connectivity index (χ1v) is 6.06. The zero-order valence-corrected chi connectivity index (χ0v) is 10.6. The van der Waals surface area contributed by atoms with Crippen molar-refractivity contribution < 1.29 is 18.0 Å². The molecular formula is C13H11ClF3NO. The van der Waals surface area contributed by atoms with Crippen LogP contribution in [0.25, 0.3) is 0 Å². The molecule has 0 unspecified atom stereocenters. The van der Waals surface area contributed by atoms with E-state index in [4.69, 9.17) is 11.6 Å². The topological polar surface area (TPSA) is 20.3 Å². The first-order valence-electron chi connectivity index (χ1n) is 5.68. The summed E-state index contributed by atoms with van der Waals surface area (Å²) in [6.45, 7) is 0.287. The van der Waals surface area contributed by atoms with E-state index in [0.717, 1.165) is 6.08 Å². The molecule has 1 heterocycles. The van der Waals surface area contributed by atoms with Gasteiger partial charge in [0.1, 0.15) is 0 Å². The molecule has 0 amide bonds. The fourth-order valence-corrected chi connectivity index (χ4v) is 2.39. The number of benzene rings is 1. The van der Waals surface area contributed by atoms with E-state index in [2.05, 4.69) is 0 Å². The van der Waals surface area contributed by atoms with Gasteiger partial charge in [-0.05, 0) is 18.6 Å². The molecule has 1 aliphatic heterocycles. The Kier molecular flexibility index (Phi) is 3.85. The number of carbonyl (C=O) groups excluding carboxylic acids is 1. The van der Waals surface area contributed by atoms with Crippen LogP contribution in [0.4, 0.5) is 18.9 Å². The molecule has 19 heavy (non-hydrogen) atoms. The lowest BCUT2D eigenvalue weighted by Crippen LogP contribution is -2.32. The average Bonchev–Trinajstić information content (AvgIpc) is 2.37. The van der Waals surface area contributed by atoms with Gasteiger partial charge in [-0.25, -0.2) is 0 Å². The summed E-state index contributed by atoms with van der Waals surface area (Å²) in [5.41, 5.74) is 0.358. The van der Waals surface area contributed by atoms with Gasteiger partial charge in [0, 0.05) is 24.2 Å². The fraction of sp³-hybridized carbons (Fsp3) is 0.308. The van der Waals surface area contributed by atoms with Gasteiger partial charge in [0.2, 0.25) is 0 Å². The van der Waals surface area contributed by atoms with Crippen molar-refractivity contribution >= 4 is 23.6 Å². The van der Waals surface area contributed by atoms with Gasteiger partial charge in [-0.3, -0.25) is 4.79 Å². The Hall–Kier alpha value is -1.49. The molecule has 0 spiro atoms. The van der Waals surface area contributed by atoms with Crippen molar-refractivity contribution in [2.45, 2.75) is 12.6 Å². The second-order valence-corrected chi connectivity index (χ2v) is 4.63. The maximum Gasteiger partial charge on any atom is 0.412 e. The Balaban J connectivity index is 2.28. The smallest absolute Gasteiger partial charge is 0.366 e. The molecular weight excluding hydrogens is 279 g/mol. The predicted molar refractivity (Wildman–Crippen MR) is 67.8 cm³/mol. The van der Waals surface area contributed by atoms with Crippen LogP contribution in [0, 0.1) is 0 Å². The van der Waals surface area contributed by atoms with Crippen LogP contribution >= 0.6 is 11.6 Å². The van der Waals surface area contributed by atoms with Crippen molar-refractivity contribution in [2.24, 2.45) is 0 Å². The van der Waals surface area contributed by atoms with E-state index in [1.807, 2.05) is 0 Å². The minimum Gasteiger partial charge on any atom is -0.366 e. The number of carbonyl (C=O) groups is 1. The number of halogens is 4. The van der Waals surface area contributed by atoms with Crippen molar-refractivity contribution in [3.05, 3.63) is 40.4 Å². The highest BCUT2D eigenvalue weighted by Gasteiger charge is 2.35. The third-order valence-corrected chi connectivity index (χ3v) is 3.34. The van der Waals surface area contributed by atoms with Gasteiger partial charge >= 0.3 is 6.18 Å². The average molecular weight is 290 g/mol. The molecule has 0 radical (unpaired) electrons. The molecule has 0 aromatic heterocycles.